The molecule has 0 saturated carbocycles. The number of aromatic nitrogens is 1. The Labute approximate surface area is 79.2 Å². The van der Waals surface area contributed by atoms with E-state index >= 15 is 0 Å². The van der Waals surface area contributed by atoms with Crippen LogP contribution in [0.15, 0.2) is 30.5 Å². The molecule has 2 rings (SSSR count). The second kappa shape index (κ2) is 3.06. The first-order valence-electron chi connectivity index (χ1n) is 4.20. The van der Waals surface area contributed by atoms with E-state index < -0.39 is 12.5 Å². The molecule has 1 aromatic carbocycles. The monoisotopic (exact) mass is 197 g/mol. The zero-order valence-corrected chi connectivity index (χ0v) is 7.30. The van der Waals surface area contributed by atoms with Crippen LogP contribution in [0.4, 0.5) is 8.78 Å². The Morgan fingerprint density at radius 2 is 2.00 bits per heavy atom. The standard InChI is InChI=1S/C10H9F2NO/c11-10(12,6-14)8-5-13-9-4-2-1-3-7(8)9/h1-5,13-14H,6H2. The average Bonchev–Trinajstić information content (AvgIpc) is 2.61. The maximum Gasteiger partial charge on any atom is 0.297 e. The van der Waals surface area contributed by atoms with Crippen LogP contribution in [0.25, 0.3) is 10.9 Å². The SMILES string of the molecule is OCC(F)(F)c1c[nH]c2ccccc12. The van der Waals surface area contributed by atoms with Gasteiger partial charge in [0.15, 0.2) is 0 Å². The van der Waals surface area contributed by atoms with Gasteiger partial charge in [0, 0.05) is 22.7 Å². The van der Waals surface area contributed by atoms with Crippen molar-refractivity contribution in [1.29, 1.82) is 0 Å². The van der Waals surface area contributed by atoms with E-state index in [4.69, 9.17) is 5.11 Å². The topological polar surface area (TPSA) is 36.0 Å². The normalized spacial score (nSPS) is 12.2. The number of hydrogen-bond donors (Lipinski definition) is 2. The number of H-pyrrole nitrogens is 1. The van der Waals surface area contributed by atoms with Gasteiger partial charge in [0.25, 0.3) is 5.92 Å². The molecule has 0 radical (unpaired) electrons. The first-order valence-corrected chi connectivity index (χ1v) is 4.20. The minimum absolute atomic E-state index is 0.157. The van der Waals surface area contributed by atoms with Gasteiger partial charge in [-0.05, 0) is 6.07 Å². The molecule has 0 unspecified atom stereocenters. The zero-order chi connectivity index (χ0) is 10.2. The Bertz CT molecular complexity index is 450. The van der Waals surface area contributed by atoms with Gasteiger partial charge in [0.2, 0.25) is 0 Å². The van der Waals surface area contributed by atoms with Crippen LogP contribution in [0.3, 0.4) is 0 Å². The molecule has 74 valence electrons. The highest BCUT2D eigenvalue weighted by Gasteiger charge is 2.32. The molecule has 2 N–H and O–H groups in total. The Balaban J connectivity index is 2.64. The number of alkyl halides is 2. The van der Waals surface area contributed by atoms with Crippen LogP contribution in [0.5, 0.6) is 0 Å². The lowest BCUT2D eigenvalue weighted by Gasteiger charge is -2.11. The summed E-state index contributed by atoms with van der Waals surface area (Å²) in [4.78, 5) is 2.74. The van der Waals surface area contributed by atoms with Crippen LogP contribution < -0.4 is 0 Å². The molecule has 2 aromatic rings. The minimum atomic E-state index is -3.18. The summed E-state index contributed by atoms with van der Waals surface area (Å²) in [7, 11) is 0. The van der Waals surface area contributed by atoms with Crippen molar-refractivity contribution in [2.75, 3.05) is 6.61 Å². The molecule has 2 nitrogen and oxygen atoms in total. The average molecular weight is 197 g/mol. The molecule has 1 heterocycles. The smallest absolute Gasteiger partial charge is 0.297 e. The van der Waals surface area contributed by atoms with Crippen molar-refractivity contribution in [3.63, 3.8) is 0 Å². The second-order valence-electron chi connectivity index (χ2n) is 3.11. The molecule has 0 aliphatic heterocycles. The summed E-state index contributed by atoms with van der Waals surface area (Å²) in [5.41, 5.74) is 0.492. The summed E-state index contributed by atoms with van der Waals surface area (Å²) in [6.07, 6.45) is 1.24. The fourth-order valence-electron chi connectivity index (χ4n) is 1.46. The Morgan fingerprint density at radius 3 is 2.71 bits per heavy atom. The lowest BCUT2D eigenvalue weighted by molar-refractivity contribution is -0.0543. The molecule has 0 fully saturated rings. The number of fused-ring (bicyclic) bond motifs is 1. The van der Waals surface area contributed by atoms with Gasteiger partial charge in [-0.1, -0.05) is 18.2 Å². The summed E-state index contributed by atoms with van der Waals surface area (Å²) < 4.78 is 26.4. The van der Waals surface area contributed by atoms with Crippen LogP contribution >= 0.6 is 0 Å². The van der Waals surface area contributed by atoms with Crippen molar-refractivity contribution in [2.45, 2.75) is 5.92 Å². The summed E-state index contributed by atoms with van der Waals surface area (Å²) in [6.45, 7) is -1.17. The highest BCUT2D eigenvalue weighted by atomic mass is 19.3. The van der Waals surface area contributed by atoms with Gasteiger partial charge in [-0.15, -0.1) is 0 Å². The number of aromatic amines is 1. The largest absolute Gasteiger partial charge is 0.390 e. The third-order valence-corrected chi connectivity index (χ3v) is 2.18. The Hall–Kier alpha value is -1.42. The number of halogens is 2. The highest BCUT2D eigenvalue weighted by molar-refractivity contribution is 5.83. The molecule has 0 amide bonds. The van der Waals surface area contributed by atoms with E-state index in [2.05, 4.69) is 4.98 Å². The second-order valence-corrected chi connectivity index (χ2v) is 3.11. The number of hydrogen-bond acceptors (Lipinski definition) is 1. The summed E-state index contributed by atoms with van der Waals surface area (Å²) >= 11 is 0. The molecular formula is C10H9F2NO. The zero-order valence-electron chi connectivity index (χ0n) is 7.30. The first kappa shape index (κ1) is 9.15. The number of para-hydroxylation sites is 1. The van der Waals surface area contributed by atoms with Crippen LogP contribution in [-0.2, 0) is 5.92 Å². The lowest BCUT2D eigenvalue weighted by Crippen LogP contribution is -2.17. The van der Waals surface area contributed by atoms with Crippen molar-refractivity contribution in [3.05, 3.63) is 36.0 Å². The molecular weight excluding hydrogens is 188 g/mol. The molecule has 0 aliphatic rings. The third kappa shape index (κ3) is 1.28. The van der Waals surface area contributed by atoms with E-state index in [0.29, 0.717) is 10.9 Å². The van der Waals surface area contributed by atoms with E-state index in [0.717, 1.165) is 0 Å². The van der Waals surface area contributed by atoms with Crippen molar-refractivity contribution in [3.8, 4) is 0 Å². The summed E-state index contributed by atoms with van der Waals surface area (Å²) in [6, 6.07) is 6.77. The molecule has 1 aromatic heterocycles. The fraction of sp³-hybridized carbons (Fsp3) is 0.200. The van der Waals surface area contributed by atoms with Gasteiger partial charge < -0.3 is 10.1 Å². The van der Waals surface area contributed by atoms with Crippen molar-refractivity contribution in [2.24, 2.45) is 0 Å². The lowest BCUT2D eigenvalue weighted by atomic mass is 10.1. The van der Waals surface area contributed by atoms with E-state index in [-0.39, 0.29) is 5.56 Å². The van der Waals surface area contributed by atoms with E-state index in [1.54, 1.807) is 24.3 Å². The predicted molar refractivity (Wildman–Crippen MR) is 49.3 cm³/mol. The maximum atomic E-state index is 13.2. The van der Waals surface area contributed by atoms with Crippen LogP contribution in [0.2, 0.25) is 0 Å². The Morgan fingerprint density at radius 1 is 1.29 bits per heavy atom. The number of nitrogens with one attached hydrogen (secondary N) is 1. The minimum Gasteiger partial charge on any atom is -0.390 e. The molecule has 0 atom stereocenters. The Kier molecular flexibility index (Phi) is 2.00. The van der Waals surface area contributed by atoms with Crippen LogP contribution in [0.1, 0.15) is 5.56 Å². The van der Waals surface area contributed by atoms with Crippen molar-refractivity contribution >= 4 is 10.9 Å². The first-order chi connectivity index (χ1) is 6.65. The molecule has 0 aliphatic carbocycles. The number of aliphatic hydroxyl groups excluding tert-OH is 1. The predicted octanol–water partition coefficient (Wildman–Crippen LogP) is 2.25. The van der Waals surface area contributed by atoms with Gasteiger partial charge >= 0.3 is 0 Å². The quantitative estimate of drug-likeness (QED) is 0.761. The van der Waals surface area contributed by atoms with E-state index in [1.807, 2.05) is 0 Å². The summed E-state index contributed by atoms with van der Waals surface area (Å²) in [5, 5.41) is 9.01. The van der Waals surface area contributed by atoms with Crippen molar-refractivity contribution < 1.29 is 13.9 Å². The third-order valence-electron chi connectivity index (χ3n) is 2.18. The molecule has 0 bridgehead atoms. The van der Waals surface area contributed by atoms with E-state index in [9.17, 15) is 8.78 Å². The van der Waals surface area contributed by atoms with Crippen molar-refractivity contribution in [1.82, 2.24) is 4.98 Å². The molecule has 0 saturated heterocycles. The highest BCUT2D eigenvalue weighted by Crippen LogP contribution is 2.32. The van der Waals surface area contributed by atoms with Gasteiger partial charge in [-0.2, -0.15) is 8.78 Å². The fourth-order valence-corrected chi connectivity index (χ4v) is 1.46. The van der Waals surface area contributed by atoms with Gasteiger partial charge in [-0.25, -0.2) is 0 Å². The number of rotatable bonds is 2. The molecule has 0 spiro atoms. The van der Waals surface area contributed by atoms with Crippen LogP contribution in [-0.4, -0.2) is 16.7 Å². The molecule has 14 heavy (non-hydrogen) atoms. The van der Waals surface area contributed by atoms with Gasteiger partial charge in [0.1, 0.15) is 6.61 Å². The molecule has 4 heteroatoms. The van der Waals surface area contributed by atoms with Gasteiger partial charge in [0.05, 0.1) is 0 Å². The summed E-state index contributed by atoms with van der Waals surface area (Å²) in [5.74, 6) is -3.18. The number of benzene rings is 1. The van der Waals surface area contributed by atoms with Crippen LogP contribution in [0, 0.1) is 0 Å². The maximum absolute atomic E-state index is 13.2. The number of aliphatic hydroxyl groups is 1. The van der Waals surface area contributed by atoms with Gasteiger partial charge in [-0.3, -0.25) is 0 Å². The van der Waals surface area contributed by atoms with E-state index in [1.165, 1.54) is 6.20 Å².